The van der Waals surface area contributed by atoms with Gasteiger partial charge < -0.3 is 4.90 Å². The number of aryl methyl sites for hydroxylation is 2. The highest BCUT2D eigenvalue weighted by atomic mass is 35.5. The van der Waals surface area contributed by atoms with Crippen LogP contribution in [0.15, 0.2) is 42.1 Å². The average Bonchev–Trinajstić information content (AvgIpc) is 3.00. The Hall–Kier alpha value is -2.70. The zero-order chi connectivity index (χ0) is 23.2. The number of aromatic nitrogens is 1. The highest BCUT2D eigenvalue weighted by Crippen LogP contribution is 2.38. The number of rotatable bonds is 6. The Labute approximate surface area is 199 Å². The largest absolute Gasteiger partial charge is 0.342 e. The molecule has 0 unspecified atom stereocenters. The third kappa shape index (κ3) is 5.63. The van der Waals surface area contributed by atoms with Gasteiger partial charge in [-0.3, -0.25) is 19.8 Å². The van der Waals surface area contributed by atoms with Crippen molar-refractivity contribution in [2.45, 2.75) is 57.8 Å². The van der Waals surface area contributed by atoms with Crippen LogP contribution in [0.2, 0.25) is 5.02 Å². The van der Waals surface area contributed by atoms with E-state index in [-0.39, 0.29) is 18.2 Å². The third-order valence-corrected chi connectivity index (χ3v) is 6.86. The molecule has 2 N–H and O–H groups in total. The van der Waals surface area contributed by atoms with E-state index in [0.29, 0.717) is 12.8 Å². The number of hydrogen-bond acceptors (Lipinski definition) is 4. The lowest BCUT2D eigenvalue weighted by molar-refractivity contribution is -0.131. The van der Waals surface area contributed by atoms with Crippen molar-refractivity contribution in [3.05, 3.63) is 69.5 Å². The first-order valence-electron chi connectivity index (χ1n) is 11.7. The second-order valence-electron chi connectivity index (χ2n) is 8.77. The minimum atomic E-state index is -0.378. The van der Waals surface area contributed by atoms with Crippen LogP contribution in [0.4, 0.5) is 0 Å². The molecule has 2 aromatic rings. The van der Waals surface area contributed by atoms with Crippen molar-refractivity contribution < 1.29 is 14.8 Å². The average molecular weight is 468 g/mol. The summed E-state index contributed by atoms with van der Waals surface area (Å²) in [5.41, 5.74) is 9.04. The Morgan fingerprint density at radius 2 is 1.76 bits per heavy atom. The monoisotopic (exact) mass is 467 g/mol. The van der Waals surface area contributed by atoms with Gasteiger partial charge in [0.1, 0.15) is 0 Å². The number of likely N-dealkylation sites (tertiary alicyclic amines) is 1. The molecule has 174 valence electrons. The molecule has 1 aromatic carbocycles. The quantitative estimate of drug-likeness (QED) is 0.366. The molecule has 1 aliphatic carbocycles. The predicted molar refractivity (Wildman–Crippen MR) is 128 cm³/mol. The van der Waals surface area contributed by atoms with E-state index >= 15 is 0 Å². The highest BCUT2D eigenvalue weighted by molar-refractivity contribution is 6.30. The van der Waals surface area contributed by atoms with Gasteiger partial charge in [0.25, 0.3) is 0 Å². The van der Waals surface area contributed by atoms with Gasteiger partial charge in [-0.1, -0.05) is 35.7 Å². The van der Waals surface area contributed by atoms with Crippen LogP contribution < -0.4 is 5.48 Å². The van der Waals surface area contributed by atoms with Crippen LogP contribution in [0.3, 0.4) is 0 Å². The molecule has 0 radical (unpaired) electrons. The van der Waals surface area contributed by atoms with Crippen molar-refractivity contribution in [3.63, 3.8) is 0 Å². The van der Waals surface area contributed by atoms with E-state index in [2.05, 4.69) is 18.2 Å². The minimum Gasteiger partial charge on any atom is -0.342 e. The Bertz CT molecular complexity index is 1060. The number of hydrogen-bond donors (Lipinski definition) is 2. The minimum absolute atomic E-state index is 0.178. The summed E-state index contributed by atoms with van der Waals surface area (Å²) < 4.78 is 0. The topological polar surface area (TPSA) is 82.5 Å². The maximum absolute atomic E-state index is 12.7. The van der Waals surface area contributed by atoms with E-state index in [4.69, 9.17) is 21.8 Å². The summed E-state index contributed by atoms with van der Waals surface area (Å²) in [7, 11) is 0. The van der Waals surface area contributed by atoms with E-state index in [0.717, 1.165) is 62.3 Å². The van der Waals surface area contributed by atoms with Gasteiger partial charge in [-0.2, -0.15) is 0 Å². The second-order valence-corrected chi connectivity index (χ2v) is 9.20. The van der Waals surface area contributed by atoms with E-state index in [1.807, 2.05) is 23.2 Å². The fourth-order valence-corrected chi connectivity index (χ4v) is 5.06. The first kappa shape index (κ1) is 23.5. The summed E-state index contributed by atoms with van der Waals surface area (Å²) in [6, 6.07) is 10.3. The molecule has 0 bridgehead atoms. The molecule has 2 aliphatic rings. The molecular weight excluding hydrogens is 438 g/mol. The zero-order valence-electron chi connectivity index (χ0n) is 18.8. The lowest BCUT2D eigenvalue weighted by atomic mass is 9.88. The Kier molecular flexibility index (Phi) is 7.78. The maximum atomic E-state index is 12.7. The van der Waals surface area contributed by atoms with Gasteiger partial charge >= 0.3 is 0 Å². The number of fused-ring (bicyclic) bond motifs is 2. The van der Waals surface area contributed by atoms with Crippen LogP contribution in [0.5, 0.6) is 0 Å². The molecule has 1 aromatic heterocycles. The van der Waals surface area contributed by atoms with Crippen molar-refractivity contribution in [2.24, 2.45) is 0 Å². The molecule has 0 saturated carbocycles. The summed E-state index contributed by atoms with van der Waals surface area (Å²) in [5.74, 6) is -0.200. The van der Waals surface area contributed by atoms with Gasteiger partial charge in [0.05, 0.1) is 5.69 Å². The highest BCUT2D eigenvalue weighted by Gasteiger charge is 2.26. The van der Waals surface area contributed by atoms with Crippen molar-refractivity contribution in [1.29, 1.82) is 0 Å². The Morgan fingerprint density at radius 1 is 1.00 bits per heavy atom. The Morgan fingerprint density at radius 3 is 2.55 bits per heavy atom. The first-order chi connectivity index (χ1) is 16.1. The summed E-state index contributed by atoms with van der Waals surface area (Å²) in [6.07, 6.45) is 8.44. The number of hydroxylamine groups is 1. The van der Waals surface area contributed by atoms with Crippen LogP contribution in [0, 0.1) is 0 Å². The van der Waals surface area contributed by atoms with Gasteiger partial charge in [-0.25, -0.2) is 5.48 Å². The number of nitrogens with zero attached hydrogens (tertiary/aromatic N) is 2. The van der Waals surface area contributed by atoms with E-state index in [9.17, 15) is 9.59 Å². The third-order valence-electron chi connectivity index (χ3n) is 6.62. The molecule has 2 heterocycles. The SMILES string of the molecule is O=C(CCCCCC(=O)N1CCC(=C2c3ccc(Cl)cc3CCc3cccnc32)CC1)NO. The predicted octanol–water partition coefficient (Wildman–Crippen LogP) is 4.71. The van der Waals surface area contributed by atoms with Crippen molar-refractivity contribution >= 4 is 29.0 Å². The number of pyridine rings is 1. The van der Waals surface area contributed by atoms with Gasteiger partial charge in [0, 0.05) is 42.7 Å². The van der Waals surface area contributed by atoms with Gasteiger partial charge in [-0.15, -0.1) is 0 Å². The fraction of sp³-hybridized carbons (Fsp3) is 0.423. The number of piperidine rings is 1. The van der Waals surface area contributed by atoms with Gasteiger partial charge in [0.2, 0.25) is 11.8 Å². The molecule has 6 nitrogen and oxygen atoms in total. The lowest BCUT2D eigenvalue weighted by Gasteiger charge is -2.30. The number of halogens is 1. The summed E-state index contributed by atoms with van der Waals surface area (Å²) in [4.78, 5) is 30.5. The second kappa shape index (κ2) is 10.9. The number of benzene rings is 1. The smallest absolute Gasteiger partial charge is 0.243 e. The van der Waals surface area contributed by atoms with Crippen molar-refractivity contribution in [2.75, 3.05) is 13.1 Å². The zero-order valence-corrected chi connectivity index (χ0v) is 19.5. The number of carbonyl (C=O) groups is 2. The van der Waals surface area contributed by atoms with Crippen molar-refractivity contribution in [3.8, 4) is 0 Å². The Balaban J connectivity index is 1.45. The molecule has 1 fully saturated rings. The van der Waals surface area contributed by atoms with Crippen molar-refractivity contribution in [1.82, 2.24) is 15.4 Å². The van der Waals surface area contributed by atoms with Gasteiger partial charge in [-0.05, 0) is 73.4 Å². The molecular formula is C26H30ClN3O3. The summed E-state index contributed by atoms with van der Waals surface area (Å²) >= 11 is 6.31. The lowest BCUT2D eigenvalue weighted by Crippen LogP contribution is -2.36. The standard InChI is InChI=1S/C26H30ClN3O3/c27-21-10-11-22-20(17-21)9-8-19-5-4-14-28-26(19)25(22)18-12-15-30(16-13-18)24(32)7-3-1-2-6-23(31)29-33/h4-5,10-11,14,17,33H,1-3,6-9,12-13,15-16H2,(H,29,31). The van der Waals surface area contributed by atoms with E-state index in [1.165, 1.54) is 27.8 Å². The number of carbonyl (C=O) groups excluding carboxylic acids is 2. The molecule has 0 atom stereocenters. The number of nitrogens with one attached hydrogen (secondary N) is 1. The van der Waals surface area contributed by atoms with E-state index in [1.54, 1.807) is 5.48 Å². The fourth-order valence-electron chi connectivity index (χ4n) is 4.86. The number of amides is 2. The van der Waals surface area contributed by atoms with Crippen LogP contribution in [0.25, 0.3) is 5.57 Å². The summed E-state index contributed by atoms with van der Waals surface area (Å²) in [5, 5.41) is 9.29. The molecule has 1 saturated heterocycles. The normalized spacial score (nSPS) is 15.5. The first-order valence-corrected chi connectivity index (χ1v) is 12.1. The van der Waals surface area contributed by atoms with E-state index < -0.39 is 0 Å². The van der Waals surface area contributed by atoms with Crippen LogP contribution in [-0.2, 0) is 22.4 Å². The molecule has 0 spiro atoms. The molecule has 2 amide bonds. The van der Waals surface area contributed by atoms with Crippen LogP contribution >= 0.6 is 11.6 Å². The van der Waals surface area contributed by atoms with Crippen LogP contribution in [-0.4, -0.2) is 40.0 Å². The molecule has 1 aliphatic heterocycles. The number of unbranched alkanes of at least 4 members (excludes halogenated alkanes) is 2. The molecule has 7 heteroatoms. The molecule has 33 heavy (non-hydrogen) atoms. The maximum Gasteiger partial charge on any atom is 0.243 e. The van der Waals surface area contributed by atoms with Gasteiger partial charge in [0.15, 0.2) is 0 Å². The summed E-state index contributed by atoms with van der Waals surface area (Å²) in [6.45, 7) is 1.44. The van der Waals surface area contributed by atoms with Crippen LogP contribution in [0.1, 0.15) is 67.3 Å². The molecule has 4 rings (SSSR count).